The molecule has 1 unspecified atom stereocenters. The largest absolute Gasteiger partial charge is 0.324 e. The van der Waals surface area contributed by atoms with Crippen molar-refractivity contribution in [2.24, 2.45) is 5.73 Å². The summed E-state index contributed by atoms with van der Waals surface area (Å²) >= 11 is 5.11. The van der Waals surface area contributed by atoms with Crippen LogP contribution in [0.25, 0.3) is 0 Å². The minimum absolute atomic E-state index is 0.0193. The van der Waals surface area contributed by atoms with Crippen molar-refractivity contribution in [2.45, 2.75) is 36.9 Å². The normalized spacial score (nSPS) is 12.5. The lowest BCUT2D eigenvalue weighted by Gasteiger charge is -2.10. The summed E-state index contributed by atoms with van der Waals surface area (Å²) in [5.74, 6) is 0. The van der Waals surface area contributed by atoms with Gasteiger partial charge in [-0.2, -0.15) is 0 Å². The predicted molar refractivity (Wildman–Crippen MR) is 82.4 cm³/mol. The Morgan fingerprint density at radius 3 is 2.32 bits per heavy atom. The monoisotopic (exact) mass is 337 g/mol. The van der Waals surface area contributed by atoms with E-state index in [0.717, 1.165) is 31.5 Å². The van der Waals surface area contributed by atoms with Gasteiger partial charge in [-0.05, 0) is 56.3 Å². The van der Waals surface area contributed by atoms with Gasteiger partial charge in [-0.3, -0.25) is 0 Å². The molecule has 0 aliphatic carbocycles. The number of aryl methyl sites for hydroxylation is 2. The van der Waals surface area contributed by atoms with Crippen molar-refractivity contribution in [3.8, 4) is 0 Å². The standard InChI is InChI=1S/C14H16BrN3S/c1-8-6-9(2)18-14(17-8)19-11-4-5-12(10(3)16)13(15)7-11/h4-7,10H,16H2,1-3H3. The van der Waals surface area contributed by atoms with E-state index in [1.165, 1.54) is 0 Å². The molecule has 0 aliphatic rings. The van der Waals surface area contributed by atoms with Crippen LogP contribution in [0, 0.1) is 13.8 Å². The third-order valence-electron chi connectivity index (χ3n) is 2.63. The average molecular weight is 338 g/mol. The van der Waals surface area contributed by atoms with Crippen molar-refractivity contribution in [3.63, 3.8) is 0 Å². The number of nitrogens with zero attached hydrogens (tertiary/aromatic N) is 2. The summed E-state index contributed by atoms with van der Waals surface area (Å²) < 4.78 is 1.02. The van der Waals surface area contributed by atoms with E-state index >= 15 is 0 Å². The molecule has 0 bridgehead atoms. The number of nitrogens with two attached hydrogens (primary N) is 1. The van der Waals surface area contributed by atoms with Crippen LogP contribution in [0.5, 0.6) is 0 Å². The second kappa shape index (κ2) is 6.03. The number of halogens is 1. The zero-order valence-corrected chi connectivity index (χ0v) is 13.5. The quantitative estimate of drug-likeness (QED) is 0.859. The maximum absolute atomic E-state index is 5.90. The highest BCUT2D eigenvalue weighted by molar-refractivity contribution is 9.10. The number of hydrogen-bond acceptors (Lipinski definition) is 4. The summed E-state index contributed by atoms with van der Waals surface area (Å²) in [5, 5.41) is 0.776. The summed E-state index contributed by atoms with van der Waals surface area (Å²) in [6, 6.07) is 8.14. The second-order valence-electron chi connectivity index (χ2n) is 4.51. The highest BCUT2D eigenvalue weighted by atomic mass is 79.9. The lowest BCUT2D eigenvalue weighted by molar-refractivity contribution is 0.811. The molecule has 0 spiro atoms. The molecular formula is C14H16BrN3S. The summed E-state index contributed by atoms with van der Waals surface area (Å²) in [4.78, 5) is 9.96. The Balaban J connectivity index is 2.26. The van der Waals surface area contributed by atoms with Gasteiger partial charge in [0.15, 0.2) is 5.16 Å². The van der Waals surface area contributed by atoms with E-state index in [0.29, 0.717) is 0 Å². The molecule has 5 heteroatoms. The lowest BCUT2D eigenvalue weighted by Crippen LogP contribution is -2.05. The molecule has 1 atom stereocenters. The topological polar surface area (TPSA) is 51.8 Å². The molecule has 2 rings (SSSR count). The first-order chi connectivity index (χ1) is 8.95. The van der Waals surface area contributed by atoms with Crippen molar-refractivity contribution >= 4 is 27.7 Å². The van der Waals surface area contributed by atoms with Gasteiger partial charge < -0.3 is 5.73 Å². The molecule has 1 aromatic heterocycles. The molecule has 3 nitrogen and oxygen atoms in total. The van der Waals surface area contributed by atoms with Gasteiger partial charge in [0.2, 0.25) is 0 Å². The van der Waals surface area contributed by atoms with Gasteiger partial charge in [0.25, 0.3) is 0 Å². The molecule has 1 heterocycles. The van der Waals surface area contributed by atoms with Crippen LogP contribution in [-0.4, -0.2) is 9.97 Å². The zero-order chi connectivity index (χ0) is 14.0. The van der Waals surface area contributed by atoms with E-state index in [1.807, 2.05) is 32.9 Å². The molecule has 1 aromatic carbocycles. The van der Waals surface area contributed by atoms with E-state index in [9.17, 15) is 0 Å². The van der Waals surface area contributed by atoms with E-state index in [-0.39, 0.29) is 6.04 Å². The summed E-state index contributed by atoms with van der Waals surface area (Å²) in [6.45, 7) is 5.93. The average Bonchev–Trinajstić information content (AvgIpc) is 2.26. The minimum Gasteiger partial charge on any atom is -0.324 e. The third-order valence-corrected chi connectivity index (χ3v) is 4.17. The fourth-order valence-corrected chi connectivity index (χ4v) is 3.58. The maximum Gasteiger partial charge on any atom is 0.192 e. The van der Waals surface area contributed by atoms with Crippen LogP contribution in [0.15, 0.2) is 38.8 Å². The summed E-state index contributed by atoms with van der Waals surface area (Å²) in [6.07, 6.45) is 0. The number of hydrogen-bond donors (Lipinski definition) is 1. The number of benzene rings is 1. The second-order valence-corrected chi connectivity index (χ2v) is 6.40. The molecule has 0 amide bonds. The molecule has 100 valence electrons. The van der Waals surface area contributed by atoms with Gasteiger partial charge in [0.05, 0.1) is 0 Å². The van der Waals surface area contributed by atoms with Crippen LogP contribution >= 0.6 is 27.7 Å². The highest BCUT2D eigenvalue weighted by Gasteiger charge is 2.08. The summed E-state index contributed by atoms with van der Waals surface area (Å²) in [7, 11) is 0. The smallest absolute Gasteiger partial charge is 0.192 e. The molecule has 0 radical (unpaired) electrons. The molecule has 0 fully saturated rings. The Bertz CT molecular complexity index is 579. The Hall–Kier alpha value is -0.910. The number of aromatic nitrogens is 2. The lowest BCUT2D eigenvalue weighted by atomic mass is 10.1. The third kappa shape index (κ3) is 3.78. The van der Waals surface area contributed by atoms with Crippen molar-refractivity contribution in [1.29, 1.82) is 0 Å². The molecule has 0 saturated carbocycles. The maximum atomic E-state index is 5.90. The molecule has 2 aromatic rings. The van der Waals surface area contributed by atoms with E-state index < -0.39 is 0 Å². The Labute approximate surface area is 126 Å². The fraction of sp³-hybridized carbons (Fsp3) is 0.286. The van der Waals surface area contributed by atoms with Gasteiger partial charge in [0, 0.05) is 26.8 Å². The first-order valence-corrected chi connectivity index (χ1v) is 7.62. The van der Waals surface area contributed by atoms with E-state index in [4.69, 9.17) is 5.73 Å². The van der Waals surface area contributed by atoms with Crippen LogP contribution in [0.4, 0.5) is 0 Å². The van der Waals surface area contributed by atoms with Crippen LogP contribution in [-0.2, 0) is 0 Å². The predicted octanol–water partition coefficient (Wildman–Crippen LogP) is 4.03. The Kier molecular flexibility index (Phi) is 4.60. The fourth-order valence-electron chi connectivity index (χ4n) is 1.79. The van der Waals surface area contributed by atoms with Gasteiger partial charge in [-0.1, -0.05) is 22.0 Å². The molecule has 0 saturated heterocycles. The van der Waals surface area contributed by atoms with E-state index in [2.05, 4.69) is 38.0 Å². The van der Waals surface area contributed by atoms with Crippen molar-refractivity contribution in [1.82, 2.24) is 9.97 Å². The van der Waals surface area contributed by atoms with Crippen LogP contribution in [0.1, 0.15) is 29.9 Å². The molecule has 0 aliphatic heterocycles. The van der Waals surface area contributed by atoms with Crippen LogP contribution in [0.2, 0.25) is 0 Å². The van der Waals surface area contributed by atoms with Crippen LogP contribution < -0.4 is 5.73 Å². The summed E-state index contributed by atoms with van der Waals surface area (Å²) in [5.41, 5.74) is 8.97. The Morgan fingerprint density at radius 1 is 1.16 bits per heavy atom. The van der Waals surface area contributed by atoms with E-state index in [1.54, 1.807) is 11.8 Å². The zero-order valence-electron chi connectivity index (χ0n) is 11.1. The highest BCUT2D eigenvalue weighted by Crippen LogP contribution is 2.31. The first-order valence-electron chi connectivity index (χ1n) is 6.01. The molecular weight excluding hydrogens is 322 g/mol. The Morgan fingerprint density at radius 2 is 1.79 bits per heavy atom. The molecule has 2 N–H and O–H groups in total. The van der Waals surface area contributed by atoms with Gasteiger partial charge in [-0.25, -0.2) is 9.97 Å². The first kappa shape index (κ1) is 14.5. The SMILES string of the molecule is Cc1cc(C)nc(Sc2ccc(C(C)N)c(Br)c2)n1. The van der Waals surface area contributed by atoms with Crippen molar-refractivity contribution in [2.75, 3.05) is 0 Å². The number of rotatable bonds is 3. The van der Waals surface area contributed by atoms with Crippen molar-refractivity contribution in [3.05, 3.63) is 45.7 Å². The van der Waals surface area contributed by atoms with Gasteiger partial charge in [0.1, 0.15) is 0 Å². The van der Waals surface area contributed by atoms with Gasteiger partial charge >= 0.3 is 0 Å². The van der Waals surface area contributed by atoms with Crippen molar-refractivity contribution < 1.29 is 0 Å². The molecule has 19 heavy (non-hydrogen) atoms. The van der Waals surface area contributed by atoms with Gasteiger partial charge in [-0.15, -0.1) is 0 Å². The van der Waals surface area contributed by atoms with Crippen LogP contribution in [0.3, 0.4) is 0 Å². The minimum atomic E-state index is 0.0193.